The second kappa shape index (κ2) is 8.65. The lowest BCUT2D eigenvalue weighted by Gasteiger charge is -2.39. The Kier molecular flexibility index (Phi) is 6.14. The molecule has 12 heteroatoms. The minimum Gasteiger partial charge on any atom is -0.417 e. The van der Waals surface area contributed by atoms with Gasteiger partial charge in [0.05, 0.1) is 5.54 Å². The van der Waals surface area contributed by atoms with E-state index in [4.69, 9.17) is 4.42 Å². The lowest BCUT2D eigenvalue weighted by molar-refractivity contribution is -0.144. The summed E-state index contributed by atoms with van der Waals surface area (Å²) in [5.74, 6) is -4.10. The van der Waals surface area contributed by atoms with E-state index in [9.17, 15) is 23.6 Å². The molecule has 0 bridgehead atoms. The number of benzene rings is 1. The molecule has 1 aliphatic rings. The van der Waals surface area contributed by atoms with Crippen LogP contribution in [0.4, 0.5) is 4.39 Å². The maximum absolute atomic E-state index is 13.0. The molecule has 0 saturated carbocycles. The first-order chi connectivity index (χ1) is 15.0. The topological polar surface area (TPSA) is 147 Å². The molecule has 2 N–H and O–H groups in total. The van der Waals surface area contributed by atoms with Gasteiger partial charge in [0.15, 0.2) is 5.71 Å². The molecule has 3 rings (SSSR count). The number of amides is 3. The summed E-state index contributed by atoms with van der Waals surface area (Å²) in [4.78, 5) is 55.1. The third-order valence-electron chi connectivity index (χ3n) is 4.73. The van der Waals surface area contributed by atoms with Crippen LogP contribution in [0.25, 0.3) is 0 Å². The molecule has 1 atom stereocenters. The molecule has 3 amide bonds. The molecular weight excluding hydrogens is 423 g/mol. The van der Waals surface area contributed by atoms with Crippen LogP contribution in [0.1, 0.15) is 36.0 Å². The maximum atomic E-state index is 13.0. The summed E-state index contributed by atoms with van der Waals surface area (Å²) in [5, 5.41) is 12.3. The minimum absolute atomic E-state index is 0.00322. The molecule has 2 aromatic rings. The number of ketones is 1. The van der Waals surface area contributed by atoms with Crippen LogP contribution in [0.5, 0.6) is 0 Å². The average molecular weight is 444 g/mol. The van der Waals surface area contributed by atoms with Crippen LogP contribution in [0, 0.1) is 12.7 Å². The first-order valence-corrected chi connectivity index (χ1v) is 9.54. The Balaban J connectivity index is 1.80. The van der Waals surface area contributed by atoms with E-state index in [1.165, 1.54) is 38.2 Å². The van der Waals surface area contributed by atoms with Gasteiger partial charge in [-0.2, -0.15) is 0 Å². The van der Waals surface area contributed by atoms with Gasteiger partial charge in [-0.1, -0.05) is 12.1 Å². The second-order valence-corrected chi connectivity index (χ2v) is 7.71. The number of rotatable bonds is 6. The zero-order valence-electron chi connectivity index (χ0n) is 17.8. The third-order valence-corrected chi connectivity index (χ3v) is 4.73. The quantitative estimate of drug-likeness (QED) is 0.603. The predicted octanol–water partition coefficient (Wildman–Crippen LogP) is 0.150. The Morgan fingerprint density at radius 2 is 1.81 bits per heavy atom. The van der Waals surface area contributed by atoms with Crippen LogP contribution in [0.3, 0.4) is 0 Å². The fourth-order valence-electron chi connectivity index (χ4n) is 3.11. The van der Waals surface area contributed by atoms with E-state index in [0.717, 1.165) is 4.90 Å². The molecule has 2 heterocycles. The van der Waals surface area contributed by atoms with E-state index < -0.39 is 46.7 Å². The molecule has 1 aromatic heterocycles. The van der Waals surface area contributed by atoms with E-state index in [1.807, 2.05) is 0 Å². The summed E-state index contributed by atoms with van der Waals surface area (Å²) in [7, 11) is 1.34. The molecule has 0 radical (unpaired) electrons. The van der Waals surface area contributed by atoms with Gasteiger partial charge in [0.1, 0.15) is 12.0 Å². The maximum Gasteiger partial charge on any atom is 0.309 e. The number of nitrogens with one attached hydrogen (secondary N) is 2. The molecule has 32 heavy (non-hydrogen) atoms. The Bertz CT molecular complexity index is 1110. The van der Waals surface area contributed by atoms with Gasteiger partial charge in [0.25, 0.3) is 17.6 Å². The van der Waals surface area contributed by atoms with Gasteiger partial charge in [-0.05, 0) is 31.5 Å². The molecule has 1 aliphatic heterocycles. The van der Waals surface area contributed by atoms with Gasteiger partial charge in [-0.3, -0.25) is 19.2 Å². The zero-order chi connectivity index (χ0) is 23.6. The second-order valence-electron chi connectivity index (χ2n) is 7.71. The van der Waals surface area contributed by atoms with Crippen molar-refractivity contribution in [3.8, 4) is 0 Å². The number of aliphatic imine (C=N–C) groups is 1. The number of hydrogen-bond acceptors (Lipinski definition) is 8. The molecule has 1 unspecified atom stereocenters. The van der Waals surface area contributed by atoms with Crippen molar-refractivity contribution in [1.82, 2.24) is 25.7 Å². The normalized spacial score (nSPS) is 16.6. The summed E-state index contributed by atoms with van der Waals surface area (Å²) < 4.78 is 18.1. The number of hydrogen-bond donors (Lipinski definition) is 2. The van der Waals surface area contributed by atoms with Crippen molar-refractivity contribution in [2.45, 2.75) is 39.0 Å². The number of aromatic nitrogens is 2. The van der Waals surface area contributed by atoms with Crippen molar-refractivity contribution in [3.05, 3.63) is 47.4 Å². The number of carbonyl (C=O) groups excluding carboxylic acids is 4. The van der Waals surface area contributed by atoms with Crippen molar-refractivity contribution in [2.75, 3.05) is 7.05 Å². The number of nitrogens with zero attached hydrogens (tertiary/aromatic N) is 4. The SMILES string of the molecule is Cc1nnc(C(=O)NC(C)(C)C2N=C(C(=O)NCc3ccc(F)cc3)C(=O)C(=O)N2C)o1. The summed E-state index contributed by atoms with van der Waals surface area (Å²) in [6, 6.07) is 5.41. The Labute approximate surface area is 182 Å². The highest BCUT2D eigenvalue weighted by Gasteiger charge is 2.45. The van der Waals surface area contributed by atoms with Gasteiger partial charge in [0, 0.05) is 20.5 Å². The van der Waals surface area contributed by atoms with Crippen molar-refractivity contribution < 1.29 is 28.0 Å². The van der Waals surface area contributed by atoms with Crippen LogP contribution in [-0.4, -0.2) is 63.1 Å². The van der Waals surface area contributed by atoms with Gasteiger partial charge in [-0.25, -0.2) is 9.38 Å². The summed E-state index contributed by atoms with van der Waals surface area (Å²) in [5.41, 5.74) is -1.21. The summed E-state index contributed by atoms with van der Waals surface area (Å²) >= 11 is 0. The third kappa shape index (κ3) is 4.68. The molecule has 11 nitrogen and oxygen atoms in total. The Morgan fingerprint density at radius 1 is 1.16 bits per heavy atom. The van der Waals surface area contributed by atoms with Crippen LogP contribution < -0.4 is 10.6 Å². The Morgan fingerprint density at radius 3 is 2.41 bits per heavy atom. The van der Waals surface area contributed by atoms with Crippen molar-refractivity contribution >= 4 is 29.2 Å². The van der Waals surface area contributed by atoms with E-state index >= 15 is 0 Å². The van der Waals surface area contributed by atoms with Crippen LogP contribution in [0.2, 0.25) is 0 Å². The van der Waals surface area contributed by atoms with Gasteiger partial charge >= 0.3 is 11.8 Å². The summed E-state index contributed by atoms with van der Waals surface area (Å²) in [6.45, 7) is 4.65. The molecule has 168 valence electrons. The van der Waals surface area contributed by atoms with Crippen LogP contribution >= 0.6 is 0 Å². The van der Waals surface area contributed by atoms with E-state index in [2.05, 4.69) is 25.8 Å². The summed E-state index contributed by atoms with van der Waals surface area (Å²) in [6.07, 6.45) is -1.08. The highest BCUT2D eigenvalue weighted by molar-refractivity contribution is 6.79. The number of Topliss-reactive ketones (excluding diaryl/α,β-unsaturated/α-hetero) is 1. The van der Waals surface area contributed by atoms with Crippen molar-refractivity contribution in [2.24, 2.45) is 4.99 Å². The van der Waals surface area contributed by atoms with Gasteiger partial charge in [-0.15, -0.1) is 10.2 Å². The van der Waals surface area contributed by atoms with Crippen LogP contribution in [-0.2, 0) is 20.9 Å². The average Bonchev–Trinajstić information content (AvgIpc) is 3.17. The molecular formula is C20H21FN6O5. The number of likely N-dealkylation sites (N-methyl/N-ethyl adjacent to an activating group) is 1. The molecule has 0 saturated heterocycles. The number of halogens is 1. The van der Waals surface area contributed by atoms with Crippen molar-refractivity contribution in [1.29, 1.82) is 0 Å². The molecule has 0 spiro atoms. The van der Waals surface area contributed by atoms with E-state index in [1.54, 1.807) is 13.8 Å². The predicted molar refractivity (Wildman–Crippen MR) is 108 cm³/mol. The molecule has 0 fully saturated rings. The number of aryl methyl sites for hydroxylation is 1. The first-order valence-electron chi connectivity index (χ1n) is 9.54. The lowest BCUT2D eigenvalue weighted by atomic mass is 9.97. The van der Waals surface area contributed by atoms with Crippen molar-refractivity contribution in [3.63, 3.8) is 0 Å². The van der Waals surface area contributed by atoms with E-state index in [-0.39, 0.29) is 18.3 Å². The van der Waals surface area contributed by atoms with Crippen LogP contribution in [0.15, 0.2) is 33.7 Å². The molecule has 1 aromatic carbocycles. The fourth-order valence-corrected chi connectivity index (χ4v) is 3.11. The minimum atomic E-state index is -1.22. The van der Waals surface area contributed by atoms with E-state index in [0.29, 0.717) is 5.56 Å². The smallest absolute Gasteiger partial charge is 0.309 e. The standard InChI is InChI=1S/C20H21FN6O5/c1-10-25-26-17(32-10)16(30)24-20(2,3)19-23-13(14(28)18(31)27(19)4)15(29)22-9-11-5-7-12(21)8-6-11/h5-8,19H,9H2,1-4H3,(H,22,29)(H,24,30). The van der Waals surface area contributed by atoms with Gasteiger partial charge in [0.2, 0.25) is 5.89 Å². The van der Waals surface area contributed by atoms with Gasteiger partial charge < -0.3 is 20.0 Å². The first kappa shape index (κ1) is 22.7. The highest BCUT2D eigenvalue weighted by atomic mass is 19.1. The highest BCUT2D eigenvalue weighted by Crippen LogP contribution is 2.21. The zero-order valence-corrected chi connectivity index (χ0v) is 17.8. The lowest BCUT2D eigenvalue weighted by Crippen LogP contribution is -2.63. The number of carbonyl (C=O) groups is 4. The Hall–Kier alpha value is -3.96. The monoisotopic (exact) mass is 444 g/mol. The largest absolute Gasteiger partial charge is 0.417 e. The molecule has 0 aliphatic carbocycles. The fraction of sp³-hybridized carbons (Fsp3) is 0.350.